The molecule has 1 aromatic heterocycles. The summed E-state index contributed by atoms with van der Waals surface area (Å²) in [4.78, 5) is 26.9. The van der Waals surface area contributed by atoms with Gasteiger partial charge in [0.2, 0.25) is 5.91 Å². The maximum absolute atomic E-state index is 13.1. The van der Waals surface area contributed by atoms with Crippen LogP contribution in [-0.2, 0) is 16.1 Å². The maximum Gasteiger partial charge on any atom is 0.250 e. The van der Waals surface area contributed by atoms with Crippen LogP contribution in [0.1, 0.15) is 42.5 Å². The lowest BCUT2D eigenvalue weighted by Gasteiger charge is -2.33. The van der Waals surface area contributed by atoms with Crippen molar-refractivity contribution < 1.29 is 9.59 Å². The van der Waals surface area contributed by atoms with Gasteiger partial charge in [0.1, 0.15) is 0 Å². The van der Waals surface area contributed by atoms with E-state index in [4.69, 9.17) is 0 Å². The van der Waals surface area contributed by atoms with Crippen molar-refractivity contribution in [1.29, 1.82) is 0 Å². The van der Waals surface area contributed by atoms with Crippen molar-refractivity contribution in [1.82, 2.24) is 10.6 Å². The van der Waals surface area contributed by atoms with E-state index in [9.17, 15) is 9.59 Å². The second kappa shape index (κ2) is 7.53. The first-order chi connectivity index (χ1) is 13.1. The predicted molar refractivity (Wildman–Crippen MR) is 107 cm³/mol. The van der Waals surface area contributed by atoms with Gasteiger partial charge in [-0.1, -0.05) is 36.4 Å². The Morgan fingerprint density at radius 1 is 1.19 bits per heavy atom. The van der Waals surface area contributed by atoms with Gasteiger partial charge >= 0.3 is 0 Å². The van der Waals surface area contributed by atoms with Crippen LogP contribution < -0.4 is 10.6 Å². The molecule has 0 saturated carbocycles. The number of dihydropyridines is 1. The molecule has 0 saturated heterocycles. The van der Waals surface area contributed by atoms with Gasteiger partial charge in [-0.15, -0.1) is 11.3 Å². The Morgan fingerprint density at radius 3 is 2.74 bits per heavy atom. The first-order valence-corrected chi connectivity index (χ1v) is 10.1. The summed E-state index contributed by atoms with van der Waals surface area (Å²) < 4.78 is 0. The SMILES string of the molecule is CC1=C(C(=O)NCc2ccccc2)C(c2cccs2)C2=C(CCCC2=O)N1. The Labute approximate surface area is 163 Å². The molecule has 27 heavy (non-hydrogen) atoms. The van der Waals surface area contributed by atoms with Crippen molar-refractivity contribution >= 4 is 23.0 Å². The summed E-state index contributed by atoms with van der Waals surface area (Å²) in [6.07, 6.45) is 2.28. The van der Waals surface area contributed by atoms with Gasteiger partial charge < -0.3 is 10.6 Å². The minimum Gasteiger partial charge on any atom is -0.362 e. The highest BCUT2D eigenvalue weighted by Gasteiger charge is 2.38. The highest BCUT2D eigenvalue weighted by atomic mass is 32.1. The zero-order valence-electron chi connectivity index (χ0n) is 15.2. The number of hydrogen-bond acceptors (Lipinski definition) is 4. The molecule has 1 aromatic carbocycles. The number of hydrogen-bond donors (Lipinski definition) is 2. The average molecular weight is 378 g/mol. The van der Waals surface area contributed by atoms with Crippen LogP contribution in [0.4, 0.5) is 0 Å². The molecule has 0 spiro atoms. The molecule has 2 heterocycles. The largest absolute Gasteiger partial charge is 0.362 e. The number of rotatable bonds is 4. The van der Waals surface area contributed by atoms with E-state index in [0.717, 1.165) is 40.2 Å². The Balaban J connectivity index is 1.67. The normalized spacial score (nSPS) is 19.6. The molecule has 1 amide bonds. The average Bonchev–Trinajstić information content (AvgIpc) is 3.20. The minimum absolute atomic E-state index is 0.118. The summed E-state index contributed by atoms with van der Waals surface area (Å²) >= 11 is 1.60. The van der Waals surface area contributed by atoms with E-state index in [-0.39, 0.29) is 17.6 Å². The van der Waals surface area contributed by atoms with E-state index >= 15 is 0 Å². The Bertz CT molecular complexity index is 926. The van der Waals surface area contributed by atoms with Gasteiger partial charge in [-0.3, -0.25) is 9.59 Å². The van der Waals surface area contributed by atoms with E-state index < -0.39 is 0 Å². The second-order valence-electron chi connectivity index (χ2n) is 6.95. The Kier molecular flexibility index (Phi) is 4.94. The molecule has 2 aliphatic rings. The van der Waals surface area contributed by atoms with Gasteiger partial charge in [0, 0.05) is 40.4 Å². The van der Waals surface area contributed by atoms with Crippen LogP contribution >= 0.6 is 11.3 Å². The third-order valence-electron chi connectivity index (χ3n) is 5.14. The molecular formula is C22H22N2O2S. The van der Waals surface area contributed by atoms with Crippen LogP contribution in [0, 0.1) is 0 Å². The molecule has 5 heteroatoms. The Hall–Kier alpha value is -2.66. The van der Waals surface area contributed by atoms with Gasteiger partial charge in [0.15, 0.2) is 5.78 Å². The third-order valence-corrected chi connectivity index (χ3v) is 6.08. The monoisotopic (exact) mass is 378 g/mol. The van der Waals surface area contributed by atoms with Crippen LogP contribution in [0.2, 0.25) is 0 Å². The molecular weight excluding hydrogens is 356 g/mol. The lowest BCUT2D eigenvalue weighted by molar-refractivity contribution is -0.118. The quantitative estimate of drug-likeness (QED) is 0.844. The summed E-state index contributed by atoms with van der Waals surface area (Å²) in [5, 5.41) is 8.39. The van der Waals surface area contributed by atoms with E-state index in [0.29, 0.717) is 18.5 Å². The standard InChI is InChI=1S/C22H22N2O2S/c1-14-19(22(26)23-13-15-7-3-2-4-8-15)21(18-11-6-12-27-18)20-16(24-14)9-5-10-17(20)25/h2-4,6-8,11-12,21,24H,5,9-10,13H2,1H3,(H,23,26). The lowest BCUT2D eigenvalue weighted by atomic mass is 9.77. The van der Waals surface area contributed by atoms with Crippen LogP contribution in [0.3, 0.4) is 0 Å². The molecule has 1 aliphatic heterocycles. The molecule has 1 unspecified atom stereocenters. The highest BCUT2D eigenvalue weighted by molar-refractivity contribution is 7.10. The van der Waals surface area contributed by atoms with Gasteiger partial charge in [-0.05, 0) is 36.8 Å². The smallest absolute Gasteiger partial charge is 0.250 e. The number of allylic oxidation sites excluding steroid dienone is 3. The minimum atomic E-state index is -0.273. The molecule has 1 atom stereocenters. The van der Waals surface area contributed by atoms with Crippen molar-refractivity contribution in [3.63, 3.8) is 0 Å². The molecule has 0 radical (unpaired) electrons. The predicted octanol–water partition coefficient (Wildman–Crippen LogP) is 4.03. The van der Waals surface area contributed by atoms with Crippen molar-refractivity contribution in [2.75, 3.05) is 0 Å². The number of nitrogens with one attached hydrogen (secondary N) is 2. The van der Waals surface area contributed by atoms with Gasteiger partial charge in [-0.2, -0.15) is 0 Å². The van der Waals surface area contributed by atoms with Crippen molar-refractivity contribution in [2.45, 2.75) is 38.6 Å². The van der Waals surface area contributed by atoms with Crippen LogP contribution in [0.25, 0.3) is 0 Å². The van der Waals surface area contributed by atoms with Crippen LogP contribution in [0.15, 0.2) is 70.4 Å². The Morgan fingerprint density at radius 2 is 2.00 bits per heavy atom. The van der Waals surface area contributed by atoms with Crippen molar-refractivity contribution in [3.05, 3.63) is 80.8 Å². The highest BCUT2D eigenvalue weighted by Crippen LogP contribution is 2.43. The first kappa shape index (κ1) is 17.7. The second-order valence-corrected chi connectivity index (χ2v) is 7.93. The fraction of sp³-hybridized carbons (Fsp3) is 0.273. The van der Waals surface area contributed by atoms with E-state index in [1.807, 2.05) is 54.8 Å². The number of carbonyl (C=O) groups is 2. The first-order valence-electron chi connectivity index (χ1n) is 9.24. The zero-order valence-corrected chi connectivity index (χ0v) is 16.1. The fourth-order valence-electron chi connectivity index (χ4n) is 3.90. The van der Waals surface area contributed by atoms with Gasteiger partial charge in [-0.25, -0.2) is 0 Å². The molecule has 1 aliphatic carbocycles. The summed E-state index contributed by atoms with van der Waals surface area (Å²) in [5.41, 5.74) is 4.31. The van der Waals surface area contributed by atoms with Crippen LogP contribution in [0.5, 0.6) is 0 Å². The zero-order chi connectivity index (χ0) is 18.8. The van der Waals surface area contributed by atoms with Gasteiger partial charge in [0.05, 0.1) is 5.92 Å². The van der Waals surface area contributed by atoms with Gasteiger partial charge in [0.25, 0.3) is 0 Å². The fourth-order valence-corrected chi connectivity index (χ4v) is 4.74. The molecule has 2 aromatic rings. The summed E-state index contributed by atoms with van der Waals surface area (Å²) in [7, 11) is 0. The summed E-state index contributed by atoms with van der Waals surface area (Å²) in [5.74, 6) is -0.236. The number of ketones is 1. The van der Waals surface area contributed by atoms with Crippen molar-refractivity contribution in [2.24, 2.45) is 0 Å². The number of Topliss-reactive ketones (excluding diaryl/α,β-unsaturated/α-hetero) is 1. The summed E-state index contributed by atoms with van der Waals surface area (Å²) in [6, 6.07) is 13.8. The third kappa shape index (κ3) is 3.47. The molecule has 2 N–H and O–H groups in total. The number of carbonyl (C=O) groups excluding carboxylic acids is 2. The molecule has 4 rings (SSSR count). The topological polar surface area (TPSA) is 58.2 Å². The number of benzene rings is 1. The van der Waals surface area contributed by atoms with Crippen LogP contribution in [-0.4, -0.2) is 11.7 Å². The maximum atomic E-state index is 13.1. The van der Waals surface area contributed by atoms with Crippen molar-refractivity contribution in [3.8, 4) is 0 Å². The van der Waals surface area contributed by atoms with E-state index in [2.05, 4.69) is 10.6 Å². The van der Waals surface area contributed by atoms with E-state index in [1.54, 1.807) is 11.3 Å². The molecule has 0 fully saturated rings. The molecule has 138 valence electrons. The molecule has 0 bridgehead atoms. The summed E-state index contributed by atoms with van der Waals surface area (Å²) in [6.45, 7) is 2.40. The lowest BCUT2D eigenvalue weighted by Crippen LogP contribution is -2.37. The molecule has 4 nitrogen and oxygen atoms in total. The van der Waals surface area contributed by atoms with E-state index in [1.165, 1.54) is 0 Å². The number of thiophene rings is 1. The number of amides is 1.